The van der Waals surface area contributed by atoms with E-state index in [1.54, 1.807) is 18.3 Å². The minimum absolute atomic E-state index is 0.396. The fourth-order valence-electron chi connectivity index (χ4n) is 4.39. The molecule has 0 saturated carbocycles. The summed E-state index contributed by atoms with van der Waals surface area (Å²) in [5, 5.41) is 9.42. The van der Waals surface area contributed by atoms with E-state index in [9.17, 15) is 9.59 Å². The van der Waals surface area contributed by atoms with Gasteiger partial charge in [-0.2, -0.15) is 9.78 Å². The van der Waals surface area contributed by atoms with Gasteiger partial charge >= 0.3 is 12.1 Å². The summed E-state index contributed by atoms with van der Waals surface area (Å²) < 4.78 is 11.7. The van der Waals surface area contributed by atoms with Crippen LogP contribution in [0.2, 0.25) is 0 Å². The summed E-state index contributed by atoms with van der Waals surface area (Å²) in [7, 11) is 1.37. The van der Waals surface area contributed by atoms with Gasteiger partial charge in [-0.3, -0.25) is 0 Å². The first-order valence-electron chi connectivity index (χ1n) is 12.7. The Morgan fingerprint density at radius 3 is 2.49 bits per heavy atom. The Balaban J connectivity index is 1.53. The monoisotopic (exact) mass is 522 g/mol. The number of aromatic nitrogens is 3. The lowest BCUT2D eigenvalue weighted by Gasteiger charge is -2.19. The molecular formula is C31H30N4O4. The molecular weight excluding hydrogens is 492 g/mol. The number of ether oxygens (including phenoxy) is 2. The molecule has 2 heterocycles. The van der Waals surface area contributed by atoms with Gasteiger partial charge in [-0.05, 0) is 69.2 Å². The molecule has 0 aliphatic heterocycles. The van der Waals surface area contributed by atoms with E-state index in [4.69, 9.17) is 14.5 Å². The molecule has 8 heteroatoms. The molecule has 0 amide bonds. The molecule has 8 nitrogen and oxygen atoms in total. The van der Waals surface area contributed by atoms with Gasteiger partial charge in [-0.1, -0.05) is 36.4 Å². The number of carbonyl (C=O) groups is 2. The van der Waals surface area contributed by atoms with Crippen molar-refractivity contribution in [3.8, 4) is 11.3 Å². The summed E-state index contributed by atoms with van der Waals surface area (Å²) in [6, 6.07) is 23.3. The molecule has 198 valence electrons. The number of methoxy groups -OCH3 is 1. The molecule has 39 heavy (non-hydrogen) atoms. The quantitative estimate of drug-likeness (QED) is 0.255. The molecule has 5 aromatic rings. The maximum absolute atomic E-state index is 12.6. The number of nitrogens with one attached hydrogen (secondary N) is 1. The second kappa shape index (κ2) is 10.6. The number of benzene rings is 3. The highest BCUT2D eigenvalue weighted by Gasteiger charge is 2.21. The summed E-state index contributed by atoms with van der Waals surface area (Å²) >= 11 is 0. The van der Waals surface area contributed by atoms with Crippen LogP contribution in [0.4, 0.5) is 10.5 Å². The molecule has 0 radical (unpaired) electrons. The highest BCUT2D eigenvalue weighted by molar-refractivity contribution is 5.97. The standard InChI is InChI=1S/C31H30N4O4/c1-31(2,3)39-30(37)35-27-13-11-21(16-24(27)19-33-35)28-26(32-15-14-20-8-6-5-7-9-20)18-23-17-22(29(36)38-4)10-12-25(23)34-28/h5-13,16-19,32H,14-15H2,1-4H3. The van der Waals surface area contributed by atoms with Gasteiger partial charge in [-0.15, -0.1) is 0 Å². The van der Waals surface area contributed by atoms with Crippen LogP contribution in [0.5, 0.6) is 0 Å². The molecule has 0 aliphatic rings. The minimum Gasteiger partial charge on any atom is -0.465 e. The zero-order valence-corrected chi connectivity index (χ0v) is 22.4. The van der Waals surface area contributed by atoms with Crippen LogP contribution < -0.4 is 5.32 Å². The number of hydrogen-bond donors (Lipinski definition) is 1. The van der Waals surface area contributed by atoms with E-state index in [0.717, 1.165) is 39.7 Å². The van der Waals surface area contributed by atoms with E-state index in [1.165, 1.54) is 17.4 Å². The molecule has 1 N–H and O–H groups in total. The second-order valence-electron chi connectivity index (χ2n) is 10.3. The molecule has 3 aromatic carbocycles. The zero-order valence-electron chi connectivity index (χ0n) is 22.4. The number of rotatable bonds is 6. The van der Waals surface area contributed by atoms with E-state index >= 15 is 0 Å². The Labute approximate surface area is 226 Å². The van der Waals surface area contributed by atoms with Crippen molar-refractivity contribution in [3.63, 3.8) is 0 Å². The first-order chi connectivity index (χ1) is 18.7. The Morgan fingerprint density at radius 1 is 0.949 bits per heavy atom. The largest absolute Gasteiger partial charge is 0.465 e. The number of carbonyl (C=O) groups excluding carboxylic acids is 2. The molecule has 0 aliphatic carbocycles. The van der Waals surface area contributed by atoms with Crippen LogP contribution in [0.15, 0.2) is 79.0 Å². The highest BCUT2D eigenvalue weighted by atomic mass is 16.6. The predicted octanol–water partition coefficient (Wildman–Crippen LogP) is 6.48. The topological polar surface area (TPSA) is 95.3 Å². The number of pyridine rings is 1. The van der Waals surface area contributed by atoms with E-state index < -0.39 is 17.7 Å². The van der Waals surface area contributed by atoms with Crippen molar-refractivity contribution in [2.45, 2.75) is 32.8 Å². The van der Waals surface area contributed by atoms with Gasteiger partial charge in [0, 0.05) is 22.9 Å². The highest BCUT2D eigenvalue weighted by Crippen LogP contribution is 2.32. The third kappa shape index (κ3) is 5.75. The molecule has 0 saturated heterocycles. The predicted molar refractivity (Wildman–Crippen MR) is 152 cm³/mol. The van der Waals surface area contributed by atoms with Crippen molar-refractivity contribution < 1.29 is 19.1 Å². The first kappa shape index (κ1) is 25.9. The van der Waals surface area contributed by atoms with Crippen molar-refractivity contribution in [1.82, 2.24) is 14.8 Å². The van der Waals surface area contributed by atoms with E-state index in [0.29, 0.717) is 17.6 Å². The third-order valence-electron chi connectivity index (χ3n) is 6.22. The minimum atomic E-state index is -0.627. The maximum atomic E-state index is 12.6. The lowest BCUT2D eigenvalue weighted by molar-refractivity contribution is 0.0521. The van der Waals surface area contributed by atoms with Gasteiger partial charge in [0.25, 0.3) is 0 Å². The van der Waals surface area contributed by atoms with Crippen molar-refractivity contribution in [2.24, 2.45) is 0 Å². The number of anilines is 1. The molecule has 2 aromatic heterocycles. The van der Waals surface area contributed by atoms with Crippen molar-refractivity contribution in [2.75, 3.05) is 19.0 Å². The van der Waals surface area contributed by atoms with Gasteiger partial charge in [0.1, 0.15) is 5.60 Å². The number of hydrogen-bond acceptors (Lipinski definition) is 7. The van der Waals surface area contributed by atoms with Gasteiger partial charge in [-0.25, -0.2) is 14.6 Å². The van der Waals surface area contributed by atoms with Crippen LogP contribution in [0, 0.1) is 0 Å². The second-order valence-corrected chi connectivity index (χ2v) is 10.3. The van der Waals surface area contributed by atoms with Gasteiger partial charge in [0.05, 0.1) is 41.3 Å². The molecule has 0 unspecified atom stereocenters. The van der Waals surface area contributed by atoms with Crippen LogP contribution in [-0.2, 0) is 15.9 Å². The van der Waals surface area contributed by atoms with Crippen molar-refractivity contribution >= 4 is 39.6 Å². The van der Waals surface area contributed by atoms with Crippen molar-refractivity contribution in [1.29, 1.82) is 0 Å². The fourth-order valence-corrected chi connectivity index (χ4v) is 4.39. The SMILES string of the molecule is COC(=O)c1ccc2nc(-c3ccc4c(cnn4C(=O)OC(C)(C)C)c3)c(NCCc3ccccc3)cc2c1. The average Bonchev–Trinajstić information content (AvgIpc) is 3.35. The smallest absolute Gasteiger partial charge is 0.435 e. The van der Waals surface area contributed by atoms with E-state index in [1.807, 2.05) is 69.3 Å². The van der Waals surface area contributed by atoms with Crippen LogP contribution in [-0.4, -0.2) is 46.1 Å². The molecule has 0 fully saturated rings. The molecule has 0 atom stereocenters. The molecule has 0 spiro atoms. The van der Waals surface area contributed by atoms with Gasteiger partial charge < -0.3 is 14.8 Å². The van der Waals surface area contributed by atoms with E-state index in [-0.39, 0.29) is 0 Å². The van der Waals surface area contributed by atoms with Gasteiger partial charge in [0.2, 0.25) is 0 Å². The lowest BCUT2D eigenvalue weighted by Crippen LogP contribution is -2.27. The summed E-state index contributed by atoms with van der Waals surface area (Å²) in [6.45, 7) is 6.15. The fraction of sp³-hybridized carbons (Fsp3) is 0.226. The Bertz CT molecular complexity index is 1670. The summed E-state index contributed by atoms with van der Waals surface area (Å²) in [5.41, 5.74) is 4.92. The maximum Gasteiger partial charge on any atom is 0.435 e. The van der Waals surface area contributed by atoms with Crippen LogP contribution in [0.1, 0.15) is 36.7 Å². The average molecular weight is 523 g/mol. The van der Waals surface area contributed by atoms with Gasteiger partial charge in [0.15, 0.2) is 0 Å². The summed E-state index contributed by atoms with van der Waals surface area (Å²) in [4.78, 5) is 29.7. The van der Waals surface area contributed by atoms with Crippen LogP contribution in [0.3, 0.4) is 0 Å². The summed E-state index contributed by atoms with van der Waals surface area (Å²) in [6.07, 6.45) is 1.95. The first-order valence-corrected chi connectivity index (χ1v) is 12.7. The van der Waals surface area contributed by atoms with Crippen molar-refractivity contribution in [3.05, 3.63) is 90.1 Å². The Morgan fingerprint density at radius 2 is 1.74 bits per heavy atom. The number of nitrogens with zero attached hydrogens (tertiary/aromatic N) is 3. The summed E-state index contributed by atoms with van der Waals surface area (Å²) in [5.74, 6) is -0.396. The molecule has 5 rings (SSSR count). The number of esters is 1. The molecule has 0 bridgehead atoms. The van der Waals surface area contributed by atoms with E-state index in [2.05, 4.69) is 22.5 Å². The lowest BCUT2D eigenvalue weighted by atomic mass is 10.0. The zero-order chi connectivity index (χ0) is 27.6. The Hall–Kier alpha value is -4.72. The van der Waals surface area contributed by atoms with Crippen LogP contribution >= 0.6 is 0 Å². The van der Waals surface area contributed by atoms with Crippen LogP contribution in [0.25, 0.3) is 33.1 Å². The normalized spacial score (nSPS) is 11.5. The third-order valence-corrected chi connectivity index (χ3v) is 6.22. The number of fused-ring (bicyclic) bond motifs is 2. The Kier molecular flexibility index (Phi) is 7.02.